The number of hydrogen-bond acceptors (Lipinski definition) is 5. The van der Waals surface area contributed by atoms with Gasteiger partial charge in [0, 0.05) is 6.21 Å². The lowest BCUT2D eigenvalue weighted by molar-refractivity contribution is 0.661. The smallest absolute Gasteiger partial charge is 0.351 e. The lowest BCUT2D eigenvalue weighted by Crippen LogP contribution is -2.22. The first-order chi connectivity index (χ1) is 14.1. The van der Waals surface area contributed by atoms with Gasteiger partial charge in [0.15, 0.2) is 5.82 Å². The summed E-state index contributed by atoms with van der Waals surface area (Å²) in [5.41, 5.74) is 10.4. The molecule has 0 aliphatic rings. The van der Waals surface area contributed by atoms with Gasteiger partial charge in [-0.1, -0.05) is 42.8 Å². The molecule has 7 nitrogen and oxygen atoms in total. The third-order valence-corrected chi connectivity index (χ3v) is 4.87. The molecular formula is C22H22N6O. The van der Waals surface area contributed by atoms with Crippen molar-refractivity contribution in [2.24, 2.45) is 4.99 Å². The van der Waals surface area contributed by atoms with Crippen LogP contribution < -0.4 is 11.4 Å². The first-order valence-electron chi connectivity index (χ1n) is 9.50. The van der Waals surface area contributed by atoms with Gasteiger partial charge in [-0.3, -0.25) is 4.99 Å². The van der Waals surface area contributed by atoms with Crippen LogP contribution in [0, 0.1) is 0 Å². The van der Waals surface area contributed by atoms with Crippen molar-refractivity contribution in [1.82, 2.24) is 19.2 Å². The second kappa shape index (κ2) is 7.71. The van der Waals surface area contributed by atoms with Crippen molar-refractivity contribution in [2.45, 2.75) is 26.8 Å². The lowest BCUT2D eigenvalue weighted by Gasteiger charge is -2.04. The van der Waals surface area contributed by atoms with Gasteiger partial charge in [0.1, 0.15) is 0 Å². The van der Waals surface area contributed by atoms with Crippen LogP contribution >= 0.6 is 0 Å². The molecule has 2 aromatic heterocycles. The van der Waals surface area contributed by atoms with Crippen LogP contribution in [0.3, 0.4) is 0 Å². The molecule has 0 bridgehead atoms. The van der Waals surface area contributed by atoms with Gasteiger partial charge in [-0.25, -0.2) is 18.9 Å². The number of nitrogens with two attached hydrogens (primary N) is 1. The van der Waals surface area contributed by atoms with E-state index in [0.29, 0.717) is 16.7 Å². The molecule has 0 saturated heterocycles. The highest BCUT2D eigenvalue weighted by Gasteiger charge is 2.15. The molecule has 0 saturated carbocycles. The van der Waals surface area contributed by atoms with Crippen molar-refractivity contribution in [3.8, 4) is 0 Å². The third-order valence-electron chi connectivity index (χ3n) is 4.87. The second-order valence-electron chi connectivity index (χ2n) is 6.86. The van der Waals surface area contributed by atoms with Crippen molar-refractivity contribution in [3.63, 3.8) is 0 Å². The van der Waals surface area contributed by atoms with Crippen LogP contribution in [0.4, 0.5) is 11.5 Å². The summed E-state index contributed by atoms with van der Waals surface area (Å²) in [4.78, 5) is 22.0. The van der Waals surface area contributed by atoms with E-state index in [1.165, 1.54) is 14.7 Å². The predicted molar refractivity (Wildman–Crippen MR) is 117 cm³/mol. The number of hydrogen-bond donors (Lipinski definition) is 1. The molecule has 4 rings (SSSR count). The van der Waals surface area contributed by atoms with E-state index >= 15 is 0 Å². The summed E-state index contributed by atoms with van der Waals surface area (Å²) >= 11 is 0. The number of nitrogen functional groups attached to an aromatic ring is 1. The number of aromatic nitrogens is 4. The second-order valence-corrected chi connectivity index (χ2v) is 6.86. The van der Waals surface area contributed by atoms with Crippen LogP contribution in [0.1, 0.15) is 25.8 Å². The molecule has 2 aromatic carbocycles. The number of allylic oxidation sites excluding steroid dienone is 2. The Labute approximate surface area is 167 Å². The highest BCUT2D eigenvalue weighted by Crippen LogP contribution is 2.20. The number of para-hydroxylation sites is 3. The zero-order valence-electron chi connectivity index (χ0n) is 16.4. The van der Waals surface area contributed by atoms with Gasteiger partial charge >= 0.3 is 5.69 Å². The Balaban J connectivity index is 1.78. The van der Waals surface area contributed by atoms with Crippen molar-refractivity contribution in [2.75, 3.05) is 5.73 Å². The number of aliphatic imine (C=N–C) groups is 1. The van der Waals surface area contributed by atoms with E-state index in [4.69, 9.17) is 5.73 Å². The van der Waals surface area contributed by atoms with Crippen LogP contribution in [0.25, 0.3) is 16.7 Å². The average Bonchev–Trinajstić information content (AvgIpc) is 3.06. The Kier molecular flexibility index (Phi) is 4.95. The summed E-state index contributed by atoms with van der Waals surface area (Å²) < 4.78 is 2.91. The summed E-state index contributed by atoms with van der Waals surface area (Å²) in [6.45, 7) is 4.46. The lowest BCUT2D eigenvalue weighted by atomic mass is 10.2. The van der Waals surface area contributed by atoms with Crippen molar-refractivity contribution >= 4 is 34.4 Å². The molecule has 0 aliphatic carbocycles. The molecular weight excluding hydrogens is 364 g/mol. The standard InChI is InChI=1S/C22H22N6O/c1-3-15(2)12-13-24-17-9-5-4-8-16(17)14-27-22(29)28-19-11-7-6-10-18(19)25-20(23)21(28)26-27/h4-13H,3,14H2,1-2H3,(H2,23,25)/b15-12+,24-13-. The van der Waals surface area contributed by atoms with E-state index in [2.05, 4.69) is 28.9 Å². The molecule has 4 aromatic rings. The highest BCUT2D eigenvalue weighted by molar-refractivity contribution is 5.81. The maximum atomic E-state index is 13.1. The fourth-order valence-electron chi connectivity index (χ4n) is 3.12. The zero-order chi connectivity index (χ0) is 20.4. The first kappa shape index (κ1) is 18.6. The van der Waals surface area contributed by atoms with E-state index in [1.807, 2.05) is 54.6 Å². The Bertz CT molecular complexity index is 1310. The van der Waals surface area contributed by atoms with E-state index in [1.54, 1.807) is 6.21 Å². The summed E-state index contributed by atoms with van der Waals surface area (Å²) in [7, 11) is 0. The third kappa shape index (κ3) is 3.54. The molecule has 0 fully saturated rings. The minimum absolute atomic E-state index is 0.228. The number of benzene rings is 2. The summed E-state index contributed by atoms with van der Waals surface area (Å²) in [6, 6.07) is 15.1. The number of anilines is 1. The summed E-state index contributed by atoms with van der Waals surface area (Å²) in [5.74, 6) is 0.228. The van der Waals surface area contributed by atoms with E-state index in [9.17, 15) is 4.79 Å². The fraction of sp³-hybridized carbons (Fsp3) is 0.182. The number of fused-ring (bicyclic) bond motifs is 3. The quantitative estimate of drug-likeness (QED) is 0.529. The van der Waals surface area contributed by atoms with E-state index in [0.717, 1.165) is 17.7 Å². The van der Waals surface area contributed by atoms with Gasteiger partial charge in [0.2, 0.25) is 5.65 Å². The largest absolute Gasteiger partial charge is 0.381 e. The minimum atomic E-state index is -0.259. The number of nitrogens with zero attached hydrogens (tertiary/aromatic N) is 5. The maximum absolute atomic E-state index is 13.1. The van der Waals surface area contributed by atoms with Crippen LogP contribution in [0.5, 0.6) is 0 Å². The monoisotopic (exact) mass is 386 g/mol. The topological polar surface area (TPSA) is 90.6 Å². The van der Waals surface area contributed by atoms with E-state index < -0.39 is 0 Å². The molecule has 7 heteroatoms. The summed E-state index contributed by atoms with van der Waals surface area (Å²) in [5, 5.41) is 4.44. The molecule has 0 aliphatic heterocycles. The first-order valence-corrected chi connectivity index (χ1v) is 9.50. The van der Waals surface area contributed by atoms with Crippen LogP contribution in [0.2, 0.25) is 0 Å². The maximum Gasteiger partial charge on any atom is 0.351 e. The van der Waals surface area contributed by atoms with Gasteiger partial charge in [-0.15, -0.1) is 5.10 Å². The van der Waals surface area contributed by atoms with Gasteiger partial charge in [0.05, 0.1) is 23.3 Å². The van der Waals surface area contributed by atoms with Gasteiger partial charge in [-0.05, 0) is 43.2 Å². The minimum Gasteiger partial charge on any atom is -0.381 e. The van der Waals surface area contributed by atoms with Crippen molar-refractivity contribution < 1.29 is 0 Å². The number of rotatable bonds is 5. The molecule has 0 radical (unpaired) electrons. The Morgan fingerprint density at radius 3 is 2.76 bits per heavy atom. The predicted octanol–water partition coefficient (Wildman–Crippen LogP) is 3.73. The molecule has 0 atom stereocenters. The van der Waals surface area contributed by atoms with Crippen LogP contribution in [-0.2, 0) is 6.54 Å². The Morgan fingerprint density at radius 2 is 1.93 bits per heavy atom. The van der Waals surface area contributed by atoms with Crippen molar-refractivity contribution in [1.29, 1.82) is 0 Å². The molecule has 2 heterocycles. The fourth-order valence-corrected chi connectivity index (χ4v) is 3.12. The van der Waals surface area contributed by atoms with E-state index in [-0.39, 0.29) is 18.1 Å². The Hall–Kier alpha value is -3.74. The molecule has 0 amide bonds. The van der Waals surface area contributed by atoms with Crippen molar-refractivity contribution in [3.05, 3.63) is 76.2 Å². The van der Waals surface area contributed by atoms with Gasteiger partial charge in [-0.2, -0.15) is 0 Å². The SMILES string of the molecule is CC/C(C)=C/C=N\c1ccccc1Cn1nc2c(N)nc3ccccc3n2c1=O. The highest BCUT2D eigenvalue weighted by atomic mass is 16.2. The summed E-state index contributed by atoms with van der Waals surface area (Å²) in [6.07, 6.45) is 4.76. The molecule has 0 spiro atoms. The zero-order valence-corrected chi connectivity index (χ0v) is 16.4. The normalized spacial score (nSPS) is 12.4. The van der Waals surface area contributed by atoms with Crippen LogP contribution in [-0.4, -0.2) is 25.4 Å². The average molecular weight is 386 g/mol. The van der Waals surface area contributed by atoms with Gasteiger partial charge in [0.25, 0.3) is 0 Å². The molecule has 146 valence electrons. The van der Waals surface area contributed by atoms with Gasteiger partial charge < -0.3 is 5.73 Å². The van der Waals surface area contributed by atoms with Crippen LogP contribution in [0.15, 0.2) is 70.0 Å². The molecule has 29 heavy (non-hydrogen) atoms. The molecule has 2 N–H and O–H groups in total. The Morgan fingerprint density at radius 1 is 1.17 bits per heavy atom. The molecule has 0 unspecified atom stereocenters.